The largest absolute Gasteiger partial charge is 0.383 e. The number of nitrogens with two attached hydrogens (primary N) is 1. The number of nitrogens with one attached hydrogen (secondary N) is 1. The van der Waals surface area contributed by atoms with E-state index in [1.165, 1.54) is 12.0 Å². The van der Waals surface area contributed by atoms with E-state index in [0.717, 1.165) is 6.07 Å². The Morgan fingerprint density at radius 2 is 1.96 bits per heavy atom. The lowest BCUT2D eigenvalue weighted by Crippen LogP contribution is -2.48. The molecule has 0 radical (unpaired) electrons. The molecule has 0 spiro atoms. The van der Waals surface area contributed by atoms with E-state index < -0.39 is 47.5 Å². The molecule has 134 valence electrons. The molecule has 1 unspecified atom stereocenters. The summed E-state index contributed by atoms with van der Waals surface area (Å²) in [6.45, 7) is 1.64. The molecule has 0 saturated carbocycles. The van der Waals surface area contributed by atoms with Crippen LogP contribution in [-0.2, 0) is 14.3 Å². The van der Waals surface area contributed by atoms with E-state index >= 15 is 0 Å². The fourth-order valence-electron chi connectivity index (χ4n) is 2.01. The predicted molar refractivity (Wildman–Crippen MR) is 81.7 cm³/mol. The first-order valence-electron chi connectivity index (χ1n) is 7.28. The van der Waals surface area contributed by atoms with Crippen LogP contribution in [0.5, 0.6) is 0 Å². The molecule has 6 nitrogen and oxygen atoms in total. The van der Waals surface area contributed by atoms with Crippen LogP contribution in [0, 0.1) is 17.5 Å². The van der Waals surface area contributed by atoms with E-state index in [-0.39, 0.29) is 13.2 Å². The number of benzene rings is 1. The summed E-state index contributed by atoms with van der Waals surface area (Å²) in [5.74, 6) is -5.81. The van der Waals surface area contributed by atoms with Gasteiger partial charge >= 0.3 is 0 Å². The van der Waals surface area contributed by atoms with Crippen molar-refractivity contribution in [2.24, 2.45) is 5.73 Å². The Hall–Kier alpha value is -2.13. The van der Waals surface area contributed by atoms with Gasteiger partial charge in [0.2, 0.25) is 11.8 Å². The van der Waals surface area contributed by atoms with Gasteiger partial charge in [-0.05, 0) is 18.6 Å². The van der Waals surface area contributed by atoms with E-state index in [0.29, 0.717) is 12.5 Å². The number of rotatable bonds is 8. The minimum absolute atomic E-state index is 0.0154. The van der Waals surface area contributed by atoms with Gasteiger partial charge in [-0.2, -0.15) is 0 Å². The summed E-state index contributed by atoms with van der Waals surface area (Å²) in [6, 6.07) is 0.653. The summed E-state index contributed by atoms with van der Waals surface area (Å²) in [7, 11) is 1.38. The SMILES string of the molecule is CCCN(CC(=O)Nc1ccc(F)c(F)c1F)C(=O)C(N)COC. The van der Waals surface area contributed by atoms with Crippen molar-refractivity contribution in [2.75, 3.05) is 32.1 Å². The van der Waals surface area contributed by atoms with E-state index in [4.69, 9.17) is 10.5 Å². The molecule has 0 aromatic heterocycles. The van der Waals surface area contributed by atoms with Crippen LogP contribution >= 0.6 is 0 Å². The van der Waals surface area contributed by atoms with Gasteiger partial charge in [0.1, 0.15) is 6.04 Å². The maximum atomic E-state index is 13.5. The Kier molecular flexibility index (Phi) is 7.66. The van der Waals surface area contributed by atoms with Crippen LogP contribution in [0.4, 0.5) is 18.9 Å². The first-order chi connectivity index (χ1) is 11.3. The van der Waals surface area contributed by atoms with Crippen LogP contribution in [0.25, 0.3) is 0 Å². The minimum Gasteiger partial charge on any atom is -0.383 e. The molecular formula is C15H20F3N3O3. The number of halogens is 3. The molecule has 1 aromatic carbocycles. The molecule has 1 rings (SSSR count). The first-order valence-corrected chi connectivity index (χ1v) is 7.28. The molecule has 9 heteroatoms. The third-order valence-corrected chi connectivity index (χ3v) is 3.11. The van der Waals surface area contributed by atoms with Crippen molar-refractivity contribution in [3.63, 3.8) is 0 Å². The van der Waals surface area contributed by atoms with Crippen LogP contribution in [0.3, 0.4) is 0 Å². The third kappa shape index (κ3) is 5.20. The number of ether oxygens (including phenoxy) is 1. The molecule has 0 fully saturated rings. The lowest BCUT2D eigenvalue weighted by Gasteiger charge is -2.24. The van der Waals surface area contributed by atoms with Gasteiger partial charge in [-0.15, -0.1) is 0 Å². The summed E-state index contributed by atoms with van der Waals surface area (Å²) in [5, 5.41) is 2.11. The zero-order valence-electron chi connectivity index (χ0n) is 13.4. The van der Waals surface area contributed by atoms with E-state index in [9.17, 15) is 22.8 Å². The third-order valence-electron chi connectivity index (χ3n) is 3.11. The highest BCUT2D eigenvalue weighted by Crippen LogP contribution is 2.19. The predicted octanol–water partition coefficient (Wildman–Crippen LogP) is 1.25. The highest BCUT2D eigenvalue weighted by Gasteiger charge is 2.23. The molecule has 0 aliphatic carbocycles. The second-order valence-corrected chi connectivity index (χ2v) is 5.09. The van der Waals surface area contributed by atoms with Crippen LogP contribution in [0.1, 0.15) is 13.3 Å². The van der Waals surface area contributed by atoms with E-state index in [2.05, 4.69) is 5.32 Å². The van der Waals surface area contributed by atoms with Gasteiger partial charge in [0, 0.05) is 13.7 Å². The quantitative estimate of drug-likeness (QED) is 0.693. The number of hydrogen-bond donors (Lipinski definition) is 2. The Labute approximate surface area is 137 Å². The number of nitrogens with zero attached hydrogens (tertiary/aromatic N) is 1. The highest BCUT2D eigenvalue weighted by atomic mass is 19.2. The summed E-state index contributed by atoms with van der Waals surface area (Å²) >= 11 is 0. The van der Waals surface area contributed by atoms with Crippen LogP contribution in [-0.4, -0.2) is 49.6 Å². The topological polar surface area (TPSA) is 84.7 Å². The first kappa shape index (κ1) is 19.9. The number of hydrogen-bond acceptors (Lipinski definition) is 4. The maximum Gasteiger partial charge on any atom is 0.244 e. The molecule has 0 saturated heterocycles. The fraction of sp³-hybridized carbons (Fsp3) is 0.467. The van der Waals surface area contributed by atoms with Gasteiger partial charge in [0.05, 0.1) is 18.8 Å². The summed E-state index contributed by atoms with van der Waals surface area (Å²) in [5.41, 5.74) is 5.14. The monoisotopic (exact) mass is 347 g/mol. The molecule has 1 aromatic rings. The number of amides is 2. The van der Waals surface area contributed by atoms with Crippen molar-refractivity contribution in [3.8, 4) is 0 Å². The smallest absolute Gasteiger partial charge is 0.244 e. The summed E-state index contributed by atoms with van der Waals surface area (Å²) in [4.78, 5) is 25.3. The molecular weight excluding hydrogens is 327 g/mol. The van der Waals surface area contributed by atoms with Gasteiger partial charge < -0.3 is 20.7 Å². The zero-order chi connectivity index (χ0) is 18.3. The van der Waals surface area contributed by atoms with Gasteiger partial charge in [-0.3, -0.25) is 9.59 Å². The average molecular weight is 347 g/mol. The number of anilines is 1. The average Bonchev–Trinajstić information content (AvgIpc) is 2.54. The van der Waals surface area contributed by atoms with Gasteiger partial charge in [0.15, 0.2) is 17.5 Å². The highest BCUT2D eigenvalue weighted by molar-refractivity contribution is 5.95. The minimum atomic E-state index is -1.68. The Balaban J connectivity index is 2.79. The molecule has 0 aliphatic rings. The van der Waals surface area contributed by atoms with E-state index in [1.54, 1.807) is 6.92 Å². The molecule has 1 atom stereocenters. The lowest BCUT2D eigenvalue weighted by molar-refractivity contribution is -0.136. The number of methoxy groups -OCH3 is 1. The number of carbonyl (C=O) groups is 2. The standard InChI is InChI=1S/C15H20F3N3O3/c1-3-6-21(15(23)10(19)8-24-2)7-12(22)20-11-5-4-9(16)13(17)14(11)18/h4-5,10H,3,6-8,19H2,1-2H3,(H,20,22). The Bertz CT molecular complexity index is 599. The van der Waals surface area contributed by atoms with Gasteiger partial charge in [-0.1, -0.05) is 6.92 Å². The molecule has 0 bridgehead atoms. The Morgan fingerprint density at radius 1 is 1.29 bits per heavy atom. The second-order valence-electron chi connectivity index (χ2n) is 5.09. The van der Waals surface area contributed by atoms with Crippen molar-refractivity contribution in [2.45, 2.75) is 19.4 Å². The van der Waals surface area contributed by atoms with Crippen LogP contribution < -0.4 is 11.1 Å². The van der Waals surface area contributed by atoms with Gasteiger partial charge in [-0.25, -0.2) is 13.2 Å². The molecule has 2 amide bonds. The Morgan fingerprint density at radius 3 is 2.54 bits per heavy atom. The zero-order valence-corrected chi connectivity index (χ0v) is 13.4. The number of carbonyl (C=O) groups excluding carboxylic acids is 2. The van der Waals surface area contributed by atoms with Crippen molar-refractivity contribution in [1.82, 2.24) is 4.90 Å². The van der Waals surface area contributed by atoms with Crippen molar-refractivity contribution in [1.29, 1.82) is 0 Å². The van der Waals surface area contributed by atoms with Gasteiger partial charge in [0.25, 0.3) is 0 Å². The summed E-state index contributed by atoms with van der Waals surface area (Å²) < 4.78 is 44.4. The van der Waals surface area contributed by atoms with Crippen LogP contribution in [0.2, 0.25) is 0 Å². The second kappa shape index (κ2) is 9.24. The lowest BCUT2D eigenvalue weighted by atomic mass is 10.2. The maximum absolute atomic E-state index is 13.5. The van der Waals surface area contributed by atoms with E-state index in [1.807, 2.05) is 0 Å². The van der Waals surface area contributed by atoms with Crippen molar-refractivity contribution >= 4 is 17.5 Å². The fourth-order valence-corrected chi connectivity index (χ4v) is 2.01. The summed E-state index contributed by atoms with van der Waals surface area (Å²) in [6.07, 6.45) is 0.568. The normalized spacial score (nSPS) is 11.9. The molecule has 3 N–H and O–H groups in total. The molecule has 0 aliphatic heterocycles. The van der Waals surface area contributed by atoms with Crippen LogP contribution in [0.15, 0.2) is 12.1 Å². The molecule has 0 heterocycles. The van der Waals surface area contributed by atoms with Crippen molar-refractivity contribution in [3.05, 3.63) is 29.6 Å². The van der Waals surface area contributed by atoms with Crippen molar-refractivity contribution < 1.29 is 27.5 Å². The molecule has 24 heavy (non-hydrogen) atoms.